The van der Waals surface area contributed by atoms with E-state index in [0.717, 1.165) is 38.2 Å². The number of benzene rings is 1. The Hall–Kier alpha value is -1.06. The Labute approximate surface area is 114 Å². The predicted octanol–water partition coefficient (Wildman–Crippen LogP) is 2.30. The zero-order valence-electron chi connectivity index (χ0n) is 11.7. The van der Waals surface area contributed by atoms with Gasteiger partial charge in [0.2, 0.25) is 0 Å². The van der Waals surface area contributed by atoms with Gasteiger partial charge in [0.25, 0.3) is 0 Å². The molecule has 1 aliphatic heterocycles. The van der Waals surface area contributed by atoms with Gasteiger partial charge >= 0.3 is 0 Å². The molecule has 3 nitrogen and oxygen atoms in total. The van der Waals surface area contributed by atoms with E-state index in [4.69, 9.17) is 9.47 Å². The molecule has 2 aliphatic rings. The van der Waals surface area contributed by atoms with Gasteiger partial charge in [-0.05, 0) is 36.5 Å². The average molecular weight is 262 g/mol. The molecule has 0 atom stereocenters. The first-order valence-corrected chi connectivity index (χ1v) is 7.07. The van der Waals surface area contributed by atoms with E-state index < -0.39 is 0 Å². The molecule has 1 N–H and O–H groups in total. The molecule has 1 aromatic rings. The van der Waals surface area contributed by atoms with Crippen LogP contribution in [0.1, 0.15) is 30.9 Å². The Morgan fingerprint density at radius 1 is 1.32 bits per heavy atom. The van der Waals surface area contributed by atoms with Crippen molar-refractivity contribution in [2.75, 3.05) is 26.9 Å². The van der Waals surface area contributed by atoms with Gasteiger partial charge in [-0.3, -0.25) is 0 Å². The second-order valence-electron chi connectivity index (χ2n) is 5.89. The highest BCUT2D eigenvalue weighted by atomic mass is 16.5. The zero-order valence-corrected chi connectivity index (χ0v) is 11.7. The van der Waals surface area contributed by atoms with Crippen LogP contribution in [0.2, 0.25) is 0 Å². The molecule has 104 valence electrons. The third-order valence-electron chi connectivity index (χ3n) is 5.08. The molecule has 0 radical (unpaired) electrons. The number of aliphatic hydroxyl groups is 1. The van der Waals surface area contributed by atoms with Crippen molar-refractivity contribution in [3.05, 3.63) is 29.3 Å². The van der Waals surface area contributed by atoms with E-state index in [2.05, 4.69) is 25.1 Å². The van der Waals surface area contributed by atoms with Crippen molar-refractivity contribution in [1.82, 2.24) is 0 Å². The van der Waals surface area contributed by atoms with Gasteiger partial charge in [-0.15, -0.1) is 0 Å². The fourth-order valence-electron chi connectivity index (χ4n) is 3.38. The molecule has 0 bridgehead atoms. The minimum atomic E-state index is 0.0257. The number of aryl methyl sites for hydroxylation is 1. The van der Waals surface area contributed by atoms with Crippen molar-refractivity contribution in [3.63, 3.8) is 0 Å². The van der Waals surface area contributed by atoms with Crippen LogP contribution in [0.25, 0.3) is 0 Å². The van der Waals surface area contributed by atoms with Gasteiger partial charge in [0.15, 0.2) is 0 Å². The molecule has 1 saturated heterocycles. The van der Waals surface area contributed by atoms with Crippen molar-refractivity contribution < 1.29 is 14.6 Å². The summed E-state index contributed by atoms with van der Waals surface area (Å²) in [5.74, 6) is 0.954. The minimum absolute atomic E-state index is 0.0257. The van der Waals surface area contributed by atoms with Crippen LogP contribution in [0.5, 0.6) is 5.75 Å². The lowest BCUT2D eigenvalue weighted by Crippen LogP contribution is -2.55. The van der Waals surface area contributed by atoms with Crippen LogP contribution in [-0.2, 0) is 16.6 Å². The van der Waals surface area contributed by atoms with Gasteiger partial charge in [0.1, 0.15) is 5.75 Å². The first-order valence-electron chi connectivity index (χ1n) is 7.07. The smallest absolute Gasteiger partial charge is 0.122 e. The second-order valence-corrected chi connectivity index (χ2v) is 5.89. The predicted molar refractivity (Wildman–Crippen MR) is 73.6 cm³/mol. The van der Waals surface area contributed by atoms with E-state index in [1.165, 1.54) is 11.1 Å². The fraction of sp³-hybridized carbons (Fsp3) is 0.625. The molecule has 19 heavy (non-hydrogen) atoms. The average Bonchev–Trinajstić information content (AvgIpc) is 3.18. The number of rotatable bonds is 5. The third-order valence-corrected chi connectivity index (χ3v) is 5.08. The largest absolute Gasteiger partial charge is 0.496 e. The normalized spacial score (nSPS) is 22.7. The molecular weight excluding hydrogens is 240 g/mol. The topological polar surface area (TPSA) is 38.7 Å². The summed E-state index contributed by atoms with van der Waals surface area (Å²) in [6.07, 6.45) is 3.18. The monoisotopic (exact) mass is 262 g/mol. The maximum atomic E-state index is 9.77. The van der Waals surface area contributed by atoms with Crippen molar-refractivity contribution in [3.8, 4) is 5.75 Å². The van der Waals surface area contributed by atoms with Gasteiger partial charge in [-0.2, -0.15) is 0 Å². The minimum Gasteiger partial charge on any atom is -0.496 e. The number of hydrogen-bond donors (Lipinski definition) is 1. The highest BCUT2D eigenvalue weighted by molar-refractivity contribution is 5.43. The van der Waals surface area contributed by atoms with Crippen LogP contribution in [0.4, 0.5) is 0 Å². The maximum Gasteiger partial charge on any atom is 0.122 e. The molecule has 0 amide bonds. The summed E-state index contributed by atoms with van der Waals surface area (Å²) >= 11 is 0. The maximum absolute atomic E-state index is 9.77. The molecule has 0 spiro atoms. The van der Waals surface area contributed by atoms with Crippen LogP contribution >= 0.6 is 0 Å². The lowest BCUT2D eigenvalue weighted by Gasteiger charge is -2.48. The van der Waals surface area contributed by atoms with Crippen molar-refractivity contribution >= 4 is 0 Å². The Morgan fingerprint density at radius 2 is 2.05 bits per heavy atom. The van der Waals surface area contributed by atoms with Crippen LogP contribution < -0.4 is 4.74 Å². The van der Waals surface area contributed by atoms with Gasteiger partial charge in [-0.1, -0.05) is 19.1 Å². The van der Waals surface area contributed by atoms with E-state index in [-0.39, 0.29) is 17.4 Å². The molecule has 1 heterocycles. The molecular formula is C16H22O3. The first-order chi connectivity index (χ1) is 9.21. The van der Waals surface area contributed by atoms with Gasteiger partial charge in [0, 0.05) is 17.4 Å². The summed E-state index contributed by atoms with van der Waals surface area (Å²) in [6, 6.07) is 6.45. The van der Waals surface area contributed by atoms with E-state index in [0.29, 0.717) is 0 Å². The van der Waals surface area contributed by atoms with E-state index in [1.54, 1.807) is 7.11 Å². The molecule has 3 heteroatoms. The molecule has 1 saturated carbocycles. The lowest BCUT2D eigenvalue weighted by molar-refractivity contribution is -0.110. The highest BCUT2D eigenvalue weighted by Gasteiger charge is 2.63. The fourth-order valence-corrected chi connectivity index (χ4v) is 3.38. The summed E-state index contributed by atoms with van der Waals surface area (Å²) in [6.45, 7) is 3.89. The molecule has 1 aromatic carbocycles. The second kappa shape index (κ2) is 4.50. The Morgan fingerprint density at radius 3 is 2.47 bits per heavy atom. The summed E-state index contributed by atoms with van der Waals surface area (Å²) in [5, 5.41) is 9.77. The Kier molecular flexibility index (Phi) is 3.06. The number of hydrogen-bond acceptors (Lipinski definition) is 3. The van der Waals surface area contributed by atoms with E-state index in [9.17, 15) is 5.11 Å². The summed E-state index contributed by atoms with van der Waals surface area (Å²) in [5.41, 5.74) is 2.63. The highest BCUT2D eigenvalue weighted by Crippen LogP contribution is 2.62. The standard InChI is InChI=1S/C16H22O3/c1-3-12-8-13(4-5-14(12)18-2)16(10-19-11-16)15(9-17)6-7-15/h4-5,8,17H,3,6-7,9-11H2,1-2H3. The molecule has 0 unspecified atom stereocenters. The number of methoxy groups -OCH3 is 1. The lowest BCUT2D eigenvalue weighted by atomic mass is 9.66. The summed E-state index contributed by atoms with van der Waals surface area (Å²) in [4.78, 5) is 0. The molecule has 2 fully saturated rings. The van der Waals surface area contributed by atoms with E-state index >= 15 is 0 Å². The Balaban J connectivity index is 2.01. The van der Waals surface area contributed by atoms with Crippen molar-refractivity contribution in [2.45, 2.75) is 31.6 Å². The SMILES string of the molecule is CCc1cc(C2(C3(CO)CC3)COC2)ccc1OC. The first kappa shape index (κ1) is 12.9. The van der Waals surface area contributed by atoms with Crippen LogP contribution in [-0.4, -0.2) is 32.0 Å². The third kappa shape index (κ3) is 1.72. The van der Waals surface area contributed by atoms with Crippen LogP contribution in [0.15, 0.2) is 18.2 Å². The van der Waals surface area contributed by atoms with Crippen molar-refractivity contribution in [1.29, 1.82) is 0 Å². The summed E-state index contributed by atoms with van der Waals surface area (Å²) in [7, 11) is 1.71. The van der Waals surface area contributed by atoms with Crippen LogP contribution in [0, 0.1) is 5.41 Å². The zero-order chi connectivity index (χ0) is 13.5. The van der Waals surface area contributed by atoms with Gasteiger partial charge in [-0.25, -0.2) is 0 Å². The van der Waals surface area contributed by atoms with E-state index in [1.807, 2.05) is 0 Å². The van der Waals surface area contributed by atoms with Gasteiger partial charge < -0.3 is 14.6 Å². The van der Waals surface area contributed by atoms with Crippen molar-refractivity contribution in [2.24, 2.45) is 5.41 Å². The Bertz CT molecular complexity index is 473. The quantitative estimate of drug-likeness (QED) is 0.885. The van der Waals surface area contributed by atoms with Gasteiger partial charge in [0.05, 0.1) is 20.3 Å². The number of aliphatic hydroxyl groups excluding tert-OH is 1. The summed E-state index contributed by atoms with van der Waals surface area (Å²) < 4.78 is 10.9. The van der Waals surface area contributed by atoms with Crippen LogP contribution in [0.3, 0.4) is 0 Å². The number of ether oxygens (including phenoxy) is 2. The molecule has 3 rings (SSSR count). The molecule has 0 aromatic heterocycles. The molecule has 1 aliphatic carbocycles.